The molecule has 210 valence electrons. The van der Waals surface area contributed by atoms with Crippen molar-refractivity contribution in [2.75, 3.05) is 26.7 Å². The van der Waals surface area contributed by atoms with Crippen LogP contribution in [0, 0.1) is 17.3 Å². The van der Waals surface area contributed by atoms with Crippen molar-refractivity contribution >= 4 is 17.7 Å². The summed E-state index contributed by atoms with van der Waals surface area (Å²) in [5, 5.41) is 10.7. The second kappa shape index (κ2) is 9.59. The average Bonchev–Trinajstić information content (AvgIpc) is 3.17. The highest BCUT2D eigenvalue weighted by Gasteiger charge is 2.73. The number of likely N-dealkylation sites (tertiary alicyclic amines) is 1. The third-order valence-corrected chi connectivity index (χ3v) is 8.68. The van der Waals surface area contributed by atoms with Gasteiger partial charge in [-0.1, -0.05) is 75.4 Å². The van der Waals surface area contributed by atoms with Gasteiger partial charge in [0.15, 0.2) is 0 Å². The average molecular weight is 536 g/mol. The Morgan fingerprint density at radius 1 is 1.00 bits per heavy atom. The van der Waals surface area contributed by atoms with Gasteiger partial charge in [-0.25, -0.2) is 0 Å². The molecule has 2 saturated heterocycles. The van der Waals surface area contributed by atoms with Gasteiger partial charge in [-0.2, -0.15) is 0 Å². The van der Waals surface area contributed by atoms with Gasteiger partial charge in [0, 0.05) is 25.7 Å². The molecule has 1 aromatic rings. The number of fused-ring (bicyclic) bond motifs is 2. The van der Waals surface area contributed by atoms with E-state index in [1.54, 1.807) is 11.9 Å². The first-order chi connectivity index (χ1) is 18.3. The number of hydrogen-bond donors (Lipinski definition) is 1. The second-order valence-electron chi connectivity index (χ2n) is 13.2. The maximum absolute atomic E-state index is 14.7. The van der Waals surface area contributed by atoms with E-state index in [2.05, 4.69) is 34.6 Å². The van der Waals surface area contributed by atoms with Gasteiger partial charge < -0.3 is 24.5 Å². The van der Waals surface area contributed by atoms with Gasteiger partial charge in [0.05, 0.1) is 30.6 Å². The molecule has 0 bridgehead atoms. The van der Waals surface area contributed by atoms with Crippen LogP contribution in [0.2, 0.25) is 0 Å². The normalized spacial score (nSPS) is 31.7. The summed E-state index contributed by atoms with van der Waals surface area (Å²) in [6.07, 6.45) is 7.66. The molecule has 4 heterocycles. The molecule has 0 aromatic heterocycles. The lowest BCUT2D eigenvalue weighted by molar-refractivity contribution is -0.155. The van der Waals surface area contributed by atoms with Gasteiger partial charge in [-0.15, -0.1) is 0 Å². The van der Waals surface area contributed by atoms with E-state index in [1.807, 2.05) is 59.5 Å². The number of aliphatic hydroxyl groups is 1. The smallest absolute Gasteiger partial charge is 0.249 e. The fourth-order valence-electron chi connectivity index (χ4n) is 7.51. The van der Waals surface area contributed by atoms with Crippen LogP contribution in [0.25, 0.3) is 0 Å². The summed E-state index contributed by atoms with van der Waals surface area (Å²) in [6.45, 7) is 11.0. The fourth-order valence-corrected chi connectivity index (χ4v) is 7.51. The number of hydrogen-bond acceptors (Lipinski definition) is 5. The molecule has 1 aromatic carbocycles. The lowest BCUT2D eigenvalue weighted by Gasteiger charge is -2.45. The summed E-state index contributed by atoms with van der Waals surface area (Å²) in [5.41, 5.74) is -1.15. The summed E-state index contributed by atoms with van der Waals surface area (Å²) in [7, 11) is 1.72. The predicted molar refractivity (Wildman–Crippen MR) is 147 cm³/mol. The largest absolute Gasteiger partial charge is 0.394 e. The Balaban J connectivity index is 1.67. The third-order valence-electron chi connectivity index (χ3n) is 8.68. The van der Waals surface area contributed by atoms with Crippen LogP contribution >= 0.6 is 0 Å². The van der Waals surface area contributed by atoms with Gasteiger partial charge in [0.2, 0.25) is 17.7 Å². The lowest BCUT2D eigenvalue weighted by atomic mass is 9.77. The van der Waals surface area contributed by atoms with Crippen LogP contribution < -0.4 is 0 Å². The van der Waals surface area contributed by atoms with E-state index in [4.69, 9.17) is 4.74 Å². The van der Waals surface area contributed by atoms with E-state index in [9.17, 15) is 19.5 Å². The van der Waals surface area contributed by atoms with Gasteiger partial charge >= 0.3 is 0 Å². The Labute approximate surface area is 231 Å². The SMILES string of the molecule is CN1CC=C[C@H]2O[C@]34C=CCN(C(C)(C)CC(C)(C)C)C(=O)C3N([C@H](CO)c3ccccc3)C(=O)[C@@H]4[C@H]2C1=O. The molecule has 0 aliphatic carbocycles. The van der Waals surface area contributed by atoms with E-state index in [0.29, 0.717) is 13.1 Å². The van der Waals surface area contributed by atoms with Crippen molar-refractivity contribution in [2.24, 2.45) is 17.3 Å². The van der Waals surface area contributed by atoms with Crippen LogP contribution in [0.1, 0.15) is 52.6 Å². The number of likely N-dealkylation sites (N-methyl/N-ethyl adjacent to an activating group) is 1. The number of ether oxygens (including phenoxy) is 1. The minimum atomic E-state index is -1.32. The molecule has 1 spiro atoms. The molecule has 8 nitrogen and oxygen atoms in total. The lowest BCUT2D eigenvalue weighted by Crippen LogP contribution is -2.60. The van der Waals surface area contributed by atoms with Crippen LogP contribution in [-0.2, 0) is 19.1 Å². The zero-order chi connectivity index (χ0) is 28.3. The molecule has 0 radical (unpaired) electrons. The molecular formula is C31H41N3O5. The van der Waals surface area contributed by atoms with E-state index in [0.717, 1.165) is 12.0 Å². The molecule has 4 aliphatic rings. The highest BCUT2D eigenvalue weighted by Crippen LogP contribution is 2.55. The molecule has 1 unspecified atom stereocenters. The monoisotopic (exact) mass is 535 g/mol. The van der Waals surface area contributed by atoms with Crippen LogP contribution in [0.4, 0.5) is 0 Å². The van der Waals surface area contributed by atoms with Crippen LogP contribution in [0.15, 0.2) is 54.6 Å². The Kier molecular flexibility index (Phi) is 6.79. The fraction of sp³-hybridized carbons (Fsp3) is 0.581. The van der Waals surface area contributed by atoms with E-state index < -0.39 is 41.2 Å². The molecular weight excluding hydrogens is 494 g/mol. The summed E-state index contributed by atoms with van der Waals surface area (Å²) in [5.74, 6) is -2.36. The maximum atomic E-state index is 14.7. The van der Waals surface area contributed by atoms with Crippen molar-refractivity contribution in [2.45, 2.75) is 70.4 Å². The van der Waals surface area contributed by atoms with E-state index in [-0.39, 0.29) is 29.7 Å². The topological polar surface area (TPSA) is 90.4 Å². The minimum Gasteiger partial charge on any atom is -0.394 e. The molecule has 5 rings (SSSR count). The Morgan fingerprint density at radius 2 is 1.69 bits per heavy atom. The molecule has 8 heteroatoms. The highest BCUT2D eigenvalue weighted by atomic mass is 16.5. The van der Waals surface area contributed by atoms with Crippen LogP contribution in [-0.4, -0.2) is 87.6 Å². The third kappa shape index (κ3) is 4.42. The van der Waals surface area contributed by atoms with Crippen molar-refractivity contribution in [3.05, 3.63) is 60.2 Å². The van der Waals surface area contributed by atoms with Crippen molar-refractivity contribution in [3.63, 3.8) is 0 Å². The Bertz CT molecular complexity index is 1200. The number of rotatable bonds is 5. The molecule has 1 N–H and O–H groups in total. The molecule has 4 aliphatic heterocycles. The number of carbonyl (C=O) groups is 3. The van der Waals surface area contributed by atoms with E-state index >= 15 is 0 Å². The molecule has 2 fully saturated rings. The quantitative estimate of drug-likeness (QED) is 0.586. The number of carbonyl (C=O) groups excluding carboxylic acids is 3. The molecule has 6 atom stereocenters. The Morgan fingerprint density at radius 3 is 2.33 bits per heavy atom. The first kappa shape index (κ1) is 27.6. The van der Waals surface area contributed by atoms with Gasteiger partial charge in [0.25, 0.3) is 0 Å². The van der Waals surface area contributed by atoms with Crippen molar-refractivity contribution in [1.29, 1.82) is 0 Å². The van der Waals surface area contributed by atoms with Gasteiger partial charge in [0.1, 0.15) is 11.6 Å². The highest BCUT2D eigenvalue weighted by molar-refractivity contribution is 6.00. The van der Waals surface area contributed by atoms with Crippen molar-refractivity contribution < 1.29 is 24.2 Å². The zero-order valence-electron chi connectivity index (χ0n) is 23.8. The van der Waals surface area contributed by atoms with Crippen molar-refractivity contribution in [3.8, 4) is 0 Å². The minimum absolute atomic E-state index is 0.0400. The molecule has 3 amide bonds. The predicted octanol–water partition coefficient (Wildman–Crippen LogP) is 2.94. The number of amides is 3. The molecule has 0 saturated carbocycles. The number of benzene rings is 1. The van der Waals surface area contributed by atoms with Crippen LogP contribution in [0.3, 0.4) is 0 Å². The first-order valence-corrected chi connectivity index (χ1v) is 13.9. The number of aliphatic hydroxyl groups excluding tert-OH is 1. The summed E-state index contributed by atoms with van der Waals surface area (Å²) in [6, 6.07) is 7.49. The zero-order valence-corrected chi connectivity index (χ0v) is 23.8. The van der Waals surface area contributed by atoms with Gasteiger partial charge in [-0.05, 0) is 31.2 Å². The van der Waals surface area contributed by atoms with Crippen LogP contribution in [0.5, 0.6) is 0 Å². The second-order valence-corrected chi connectivity index (χ2v) is 13.2. The van der Waals surface area contributed by atoms with E-state index in [1.165, 1.54) is 4.90 Å². The summed E-state index contributed by atoms with van der Waals surface area (Å²) in [4.78, 5) is 47.9. The van der Waals surface area contributed by atoms with Crippen molar-refractivity contribution in [1.82, 2.24) is 14.7 Å². The maximum Gasteiger partial charge on any atom is 0.249 e. The first-order valence-electron chi connectivity index (χ1n) is 13.9. The standard InChI is InChI=1S/C31H41N3O5/c1-29(2,3)19-30(4,5)33-17-11-15-31-24(23-22(39-31)14-10-16-32(6)26(23)36)27(37)34(25(31)28(33)38)21(18-35)20-12-8-7-9-13-20/h7-15,21-25,35H,16-19H2,1-6H3/t21-,22-,23+,24+,25?,31+/m1/s1. The number of nitrogens with zero attached hydrogens (tertiary/aromatic N) is 3. The Hall–Kier alpha value is -2.97. The summed E-state index contributed by atoms with van der Waals surface area (Å²) >= 11 is 0. The summed E-state index contributed by atoms with van der Waals surface area (Å²) < 4.78 is 6.71. The molecule has 39 heavy (non-hydrogen) atoms. The van der Waals surface area contributed by atoms with Gasteiger partial charge in [-0.3, -0.25) is 14.4 Å².